The fourth-order valence-electron chi connectivity index (χ4n) is 8.07. The lowest BCUT2D eigenvalue weighted by molar-refractivity contribution is 0.669. The normalized spacial score (nSPS) is 12.0. The molecule has 0 aliphatic carbocycles. The Kier molecular flexibility index (Phi) is 5.16. The largest absolute Gasteiger partial charge is 0.456 e. The van der Waals surface area contributed by atoms with Gasteiger partial charge in [-0.3, -0.25) is 0 Å². The molecule has 230 valence electrons. The van der Waals surface area contributed by atoms with Crippen LogP contribution in [0.1, 0.15) is 11.1 Å². The molecular weight excluding hydrogens is 617 g/mol. The van der Waals surface area contributed by atoms with Gasteiger partial charge in [-0.25, -0.2) is 0 Å². The zero-order valence-corrected chi connectivity index (χ0v) is 26.3. The van der Waals surface area contributed by atoms with Crippen LogP contribution in [-0.2, 0) is 0 Å². The maximum atomic E-state index is 10.8. The molecule has 4 heterocycles. The average Bonchev–Trinajstić information content (AvgIpc) is 3.89. The Hall–Kier alpha value is -7.28. The maximum absolute atomic E-state index is 10.8. The Morgan fingerprint density at radius 1 is 0.360 bits per heavy atom. The molecule has 0 fully saturated rings. The number of furan rings is 2. The van der Waals surface area contributed by atoms with Crippen molar-refractivity contribution in [2.24, 2.45) is 0 Å². The van der Waals surface area contributed by atoms with E-state index in [1.54, 1.807) is 12.1 Å². The molecule has 0 saturated heterocycles. The highest BCUT2D eigenvalue weighted by molar-refractivity contribution is 6.19. The van der Waals surface area contributed by atoms with Crippen molar-refractivity contribution in [3.8, 4) is 23.5 Å². The first-order chi connectivity index (χ1) is 24.7. The minimum absolute atomic E-state index is 0.458. The van der Waals surface area contributed by atoms with Gasteiger partial charge in [-0.05, 0) is 60.7 Å². The summed E-state index contributed by atoms with van der Waals surface area (Å²) in [5.74, 6) is 0. The number of rotatable bonds is 2. The molecule has 0 atom stereocenters. The summed E-state index contributed by atoms with van der Waals surface area (Å²) >= 11 is 0. The molecule has 4 aromatic heterocycles. The van der Waals surface area contributed by atoms with E-state index in [-0.39, 0.29) is 0 Å². The number of hydrogen-bond donors (Lipinski definition) is 0. The van der Waals surface area contributed by atoms with Crippen molar-refractivity contribution in [2.45, 2.75) is 0 Å². The number of hydrogen-bond acceptors (Lipinski definition) is 4. The molecule has 0 bridgehead atoms. The van der Waals surface area contributed by atoms with Gasteiger partial charge in [-0.2, -0.15) is 10.5 Å². The van der Waals surface area contributed by atoms with Crippen LogP contribution < -0.4 is 0 Å². The van der Waals surface area contributed by atoms with E-state index in [0.717, 1.165) is 87.5 Å². The van der Waals surface area contributed by atoms with E-state index in [2.05, 4.69) is 81.9 Å². The summed E-state index contributed by atoms with van der Waals surface area (Å²) in [6, 6.07) is 49.6. The van der Waals surface area contributed by atoms with E-state index in [9.17, 15) is 10.5 Å². The summed E-state index contributed by atoms with van der Waals surface area (Å²) in [6.45, 7) is 0. The second-order valence-corrected chi connectivity index (χ2v) is 12.7. The Bertz CT molecular complexity index is 3130. The van der Waals surface area contributed by atoms with E-state index < -0.39 is 0 Å². The molecule has 0 aliphatic heterocycles. The third-order valence-corrected chi connectivity index (χ3v) is 10.2. The lowest BCUT2D eigenvalue weighted by Crippen LogP contribution is -2.08. The average molecular weight is 639 g/mol. The van der Waals surface area contributed by atoms with Gasteiger partial charge in [0.2, 0.25) is 0 Å². The molecule has 7 aromatic carbocycles. The number of nitrogens with zero attached hydrogens (tertiary/aromatic N) is 4. The topological polar surface area (TPSA) is 83.7 Å². The van der Waals surface area contributed by atoms with E-state index in [4.69, 9.17) is 8.83 Å². The lowest BCUT2D eigenvalue weighted by atomic mass is 10.0. The SMILES string of the molecule is N#Cc1ccc(C#N)c(-n2c3ccccc3c3cc4oc5ccccc5c4cc32)c1-n1c2ccccc2c2cc3oc4ccccc4c3cc21. The van der Waals surface area contributed by atoms with E-state index >= 15 is 0 Å². The maximum Gasteiger partial charge on any atom is 0.136 e. The summed E-state index contributed by atoms with van der Waals surface area (Å²) in [7, 11) is 0. The van der Waals surface area contributed by atoms with Crippen molar-refractivity contribution in [2.75, 3.05) is 0 Å². The molecule has 0 saturated carbocycles. The van der Waals surface area contributed by atoms with Crippen LogP contribution >= 0.6 is 0 Å². The third-order valence-electron chi connectivity index (χ3n) is 10.2. The summed E-state index contributed by atoms with van der Waals surface area (Å²) in [5.41, 5.74) is 9.13. The second-order valence-electron chi connectivity index (χ2n) is 12.7. The Morgan fingerprint density at radius 3 is 1.20 bits per heavy atom. The van der Waals surface area contributed by atoms with Crippen LogP contribution in [0, 0.1) is 22.7 Å². The fourth-order valence-corrected chi connectivity index (χ4v) is 8.07. The van der Waals surface area contributed by atoms with Gasteiger partial charge < -0.3 is 18.0 Å². The number of para-hydroxylation sites is 4. The molecule has 6 nitrogen and oxygen atoms in total. The van der Waals surface area contributed by atoms with E-state index in [1.165, 1.54) is 0 Å². The third kappa shape index (κ3) is 3.39. The number of nitriles is 2. The second kappa shape index (κ2) is 9.64. The number of benzene rings is 7. The van der Waals surface area contributed by atoms with Crippen molar-refractivity contribution in [1.82, 2.24) is 9.13 Å². The van der Waals surface area contributed by atoms with Crippen LogP contribution in [-0.4, -0.2) is 9.13 Å². The molecule has 11 rings (SSSR count). The van der Waals surface area contributed by atoms with Crippen molar-refractivity contribution < 1.29 is 8.83 Å². The Balaban J connectivity index is 1.35. The van der Waals surface area contributed by atoms with E-state index in [1.807, 2.05) is 60.7 Å². The summed E-state index contributed by atoms with van der Waals surface area (Å²) in [6.07, 6.45) is 0. The standard InChI is InChI=1S/C44H22N4O2/c45-23-25-17-18-26(24-46)44(48-36-14-6-2-10-28(36)32-22-42-34(20-38(32)48)30-12-4-8-16-40(30)50-42)43(25)47-35-13-5-1-9-27(35)31-21-41-33(19-37(31)47)29-11-3-7-15-39(29)49-41/h1-22H. The highest BCUT2D eigenvalue weighted by atomic mass is 16.3. The van der Waals surface area contributed by atoms with Gasteiger partial charge in [-0.15, -0.1) is 0 Å². The molecule has 11 aromatic rings. The number of fused-ring (bicyclic) bond motifs is 12. The van der Waals surface area contributed by atoms with Gasteiger partial charge in [0.1, 0.15) is 34.5 Å². The Labute approximate surface area is 283 Å². The van der Waals surface area contributed by atoms with E-state index in [0.29, 0.717) is 22.5 Å². The highest BCUT2D eigenvalue weighted by Crippen LogP contribution is 2.44. The molecule has 0 aliphatic rings. The minimum atomic E-state index is 0.458. The molecule has 0 unspecified atom stereocenters. The fraction of sp³-hybridized carbons (Fsp3) is 0. The zero-order chi connectivity index (χ0) is 33.1. The van der Waals surface area contributed by atoms with Crippen LogP contribution in [0.15, 0.2) is 142 Å². The molecule has 0 amide bonds. The van der Waals surface area contributed by atoms with Crippen LogP contribution in [0.3, 0.4) is 0 Å². The van der Waals surface area contributed by atoms with Crippen LogP contribution in [0.25, 0.3) is 98.9 Å². The molecule has 50 heavy (non-hydrogen) atoms. The molecule has 6 heteroatoms. The quantitative estimate of drug-likeness (QED) is 0.189. The first kappa shape index (κ1) is 26.8. The van der Waals surface area contributed by atoms with Gasteiger partial charge in [0.15, 0.2) is 0 Å². The van der Waals surface area contributed by atoms with Crippen molar-refractivity contribution in [3.05, 3.63) is 145 Å². The predicted octanol–water partition coefficient (Wildman–Crippen LogP) is 11.4. The predicted molar refractivity (Wildman–Crippen MR) is 199 cm³/mol. The van der Waals surface area contributed by atoms with Crippen molar-refractivity contribution in [3.63, 3.8) is 0 Å². The van der Waals surface area contributed by atoms with Crippen LogP contribution in [0.2, 0.25) is 0 Å². The highest BCUT2D eigenvalue weighted by Gasteiger charge is 2.26. The van der Waals surface area contributed by atoms with Crippen molar-refractivity contribution >= 4 is 87.5 Å². The van der Waals surface area contributed by atoms with Crippen molar-refractivity contribution in [1.29, 1.82) is 10.5 Å². The first-order valence-corrected chi connectivity index (χ1v) is 16.4. The monoisotopic (exact) mass is 638 g/mol. The van der Waals surface area contributed by atoms with Gasteiger partial charge in [0.25, 0.3) is 0 Å². The number of aromatic nitrogens is 2. The minimum Gasteiger partial charge on any atom is -0.456 e. The molecule has 0 N–H and O–H groups in total. The smallest absolute Gasteiger partial charge is 0.136 e. The Morgan fingerprint density at radius 2 is 0.760 bits per heavy atom. The molecular formula is C44H22N4O2. The van der Waals surface area contributed by atoms with Gasteiger partial charge in [0, 0.05) is 43.1 Å². The van der Waals surface area contributed by atoms with Gasteiger partial charge in [0.05, 0.1) is 44.6 Å². The van der Waals surface area contributed by atoms with Gasteiger partial charge >= 0.3 is 0 Å². The summed E-state index contributed by atoms with van der Waals surface area (Å²) in [5, 5.41) is 29.7. The first-order valence-electron chi connectivity index (χ1n) is 16.4. The molecule has 0 radical (unpaired) electrons. The lowest BCUT2D eigenvalue weighted by Gasteiger charge is -2.19. The van der Waals surface area contributed by atoms with Gasteiger partial charge in [-0.1, -0.05) is 72.8 Å². The molecule has 0 spiro atoms. The van der Waals surface area contributed by atoms with Crippen LogP contribution in [0.5, 0.6) is 0 Å². The summed E-state index contributed by atoms with van der Waals surface area (Å²) in [4.78, 5) is 0. The van der Waals surface area contributed by atoms with Crippen LogP contribution in [0.4, 0.5) is 0 Å². The summed E-state index contributed by atoms with van der Waals surface area (Å²) < 4.78 is 17.0. The zero-order valence-electron chi connectivity index (χ0n) is 26.3.